The normalized spacial score (nSPS) is 10.5. The number of phenols is 2. The van der Waals surface area contributed by atoms with Gasteiger partial charge in [-0.25, -0.2) is 5.43 Å². The summed E-state index contributed by atoms with van der Waals surface area (Å²) in [6, 6.07) is 10.1. The molecule has 7 nitrogen and oxygen atoms in total. The minimum absolute atomic E-state index is 0.106. The van der Waals surface area contributed by atoms with Gasteiger partial charge in [0.25, 0.3) is 0 Å². The van der Waals surface area contributed by atoms with Gasteiger partial charge in [0, 0.05) is 22.3 Å². The van der Waals surface area contributed by atoms with E-state index in [2.05, 4.69) is 10.4 Å². The predicted octanol–water partition coefficient (Wildman–Crippen LogP) is 1.84. The van der Waals surface area contributed by atoms with E-state index in [0.717, 1.165) is 12.3 Å². The van der Waals surface area contributed by atoms with Crippen molar-refractivity contribution in [2.45, 2.75) is 0 Å². The van der Waals surface area contributed by atoms with Crippen LogP contribution in [0.15, 0.2) is 47.6 Å². The molecule has 0 aromatic heterocycles. The van der Waals surface area contributed by atoms with Gasteiger partial charge in [0.2, 0.25) is 0 Å². The van der Waals surface area contributed by atoms with E-state index in [9.17, 15) is 14.7 Å². The molecule has 0 unspecified atom stereocenters. The van der Waals surface area contributed by atoms with Crippen LogP contribution in [0.3, 0.4) is 0 Å². The van der Waals surface area contributed by atoms with Crippen LogP contribution in [0.1, 0.15) is 5.56 Å². The van der Waals surface area contributed by atoms with Gasteiger partial charge in [-0.3, -0.25) is 9.59 Å². The number of hydrazone groups is 1. The summed E-state index contributed by atoms with van der Waals surface area (Å²) < 4.78 is 0. The Morgan fingerprint density at radius 1 is 1.04 bits per heavy atom. The van der Waals surface area contributed by atoms with Crippen molar-refractivity contribution < 1.29 is 19.8 Å². The number of rotatable bonds is 3. The topological polar surface area (TPSA) is 111 Å². The second-order valence-corrected chi connectivity index (χ2v) is 4.84. The Bertz CT molecular complexity index is 760. The van der Waals surface area contributed by atoms with Gasteiger partial charge < -0.3 is 15.5 Å². The molecule has 0 aliphatic rings. The quantitative estimate of drug-likeness (QED) is 0.390. The molecule has 8 heteroatoms. The third kappa shape index (κ3) is 4.72. The number of carbonyl (C=O) groups is 2. The number of phenolic OH excluding ortho intramolecular Hbond substituents is 2. The van der Waals surface area contributed by atoms with Gasteiger partial charge in [0.05, 0.1) is 6.21 Å². The lowest BCUT2D eigenvalue weighted by Gasteiger charge is -2.04. The highest BCUT2D eigenvalue weighted by Crippen LogP contribution is 2.20. The van der Waals surface area contributed by atoms with Gasteiger partial charge >= 0.3 is 11.8 Å². The first-order valence-corrected chi connectivity index (χ1v) is 6.75. The molecule has 0 heterocycles. The van der Waals surface area contributed by atoms with Crippen LogP contribution in [0, 0.1) is 0 Å². The molecule has 4 N–H and O–H groups in total. The molecular weight excluding hydrogens is 322 g/mol. The number of hydrogen-bond donors (Lipinski definition) is 4. The Hall–Kier alpha value is -3.06. The molecule has 118 valence electrons. The molecule has 0 aliphatic carbocycles. The van der Waals surface area contributed by atoms with Gasteiger partial charge in [0.1, 0.15) is 11.5 Å². The van der Waals surface area contributed by atoms with Crippen LogP contribution < -0.4 is 10.7 Å². The molecule has 0 radical (unpaired) electrons. The average Bonchev–Trinajstić information content (AvgIpc) is 2.51. The number of nitrogens with one attached hydrogen (secondary N) is 2. The number of nitrogens with zero attached hydrogens (tertiary/aromatic N) is 1. The van der Waals surface area contributed by atoms with Crippen LogP contribution in [-0.2, 0) is 9.59 Å². The molecule has 0 atom stereocenters. The van der Waals surface area contributed by atoms with Crippen LogP contribution in [0.25, 0.3) is 0 Å². The van der Waals surface area contributed by atoms with E-state index in [-0.39, 0.29) is 17.1 Å². The van der Waals surface area contributed by atoms with Crippen molar-refractivity contribution in [3.8, 4) is 11.5 Å². The Morgan fingerprint density at radius 2 is 1.74 bits per heavy atom. The summed E-state index contributed by atoms with van der Waals surface area (Å²) in [6.45, 7) is 0. The van der Waals surface area contributed by atoms with E-state index in [1.54, 1.807) is 24.3 Å². The van der Waals surface area contributed by atoms with Crippen molar-refractivity contribution in [1.29, 1.82) is 0 Å². The van der Waals surface area contributed by atoms with Gasteiger partial charge in [-0.15, -0.1) is 0 Å². The number of amides is 2. The monoisotopic (exact) mass is 333 g/mol. The van der Waals surface area contributed by atoms with Crippen LogP contribution in [0.4, 0.5) is 5.69 Å². The fraction of sp³-hybridized carbons (Fsp3) is 0. The zero-order chi connectivity index (χ0) is 16.8. The lowest BCUT2D eigenvalue weighted by Crippen LogP contribution is -2.32. The Labute approximate surface area is 136 Å². The number of hydrogen-bond acceptors (Lipinski definition) is 5. The lowest BCUT2D eigenvalue weighted by molar-refractivity contribution is -0.136. The fourth-order valence-electron chi connectivity index (χ4n) is 1.57. The first-order chi connectivity index (χ1) is 11.0. The van der Waals surface area contributed by atoms with Crippen molar-refractivity contribution in [3.63, 3.8) is 0 Å². The molecule has 0 fully saturated rings. The fourth-order valence-corrected chi connectivity index (χ4v) is 1.70. The minimum atomic E-state index is -0.977. The molecule has 0 saturated heterocycles. The summed E-state index contributed by atoms with van der Waals surface area (Å²) >= 11 is 5.71. The molecule has 0 spiro atoms. The highest BCUT2D eigenvalue weighted by atomic mass is 35.5. The molecule has 0 saturated carbocycles. The standard InChI is InChI=1S/C15H12ClN3O4/c16-10-2-4-11(5-3-10)18-14(22)15(23)19-17-8-9-1-6-12(20)7-13(9)21/h1-8,20-21H,(H,18,22)(H,19,23). The summed E-state index contributed by atoms with van der Waals surface area (Å²) in [7, 11) is 0. The zero-order valence-corrected chi connectivity index (χ0v) is 12.4. The molecular formula is C15H12ClN3O4. The Balaban J connectivity index is 1.92. The highest BCUT2D eigenvalue weighted by Gasteiger charge is 2.12. The smallest absolute Gasteiger partial charge is 0.329 e. The summed E-state index contributed by atoms with van der Waals surface area (Å²) in [4.78, 5) is 23.2. The average molecular weight is 334 g/mol. The first-order valence-electron chi connectivity index (χ1n) is 6.37. The third-order valence-electron chi connectivity index (χ3n) is 2.69. The van der Waals surface area contributed by atoms with Crippen molar-refractivity contribution >= 4 is 35.3 Å². The minimum Gasteiger partial charge on any atom is -0.508 e. The second-order valence-electron chi connectivity index (χ2n) is 4.40. The zero-order valence-electron chi connectivity index (χ0n) is 11.7. The molecule has 2 aromatic carbocycles. The van der Waals surface area contributed by atoms with Gasteiger partial charge in [-0.05, 0) is 36.4 Å². The third-order valence-corrected chi connectivity index (χ3v) is 2.94. The SMILES string of the molecule is O=C(NN=Cc1ccc(O)cc1O)C(=O)Nc1ccc(Cl)cc1. The van der Waals surface area contributed by atoms with E-state index in [1.165, 1.54) is 12.1 Å². The molecule has 23 heavy (non-hydrogen) atoms. The highest BCUT2D eigenvalue weighted by molar-refractivity contribution is 6.39. The number of carbonyl (C=O) groups excluding carboxylic acids is 2. The maximum atomic E-state index is 11.6. The van der Waals surface area contributed by atoms with Crippen molar-refractivity contribution in [2.75, 3.05) is 5.32 Å². The largest absolute Gasteiger partial charge is 0.508 e. The van der Waals surface area contributed by atoms with Crippen molar-refractivity contribution in [3.05, 3.63) is 53.1 Å². The van der Waals surface area contributed by atoms with E-state index in [4.69, 9.17) is 16.7 Å². The van der Waals surface area contributed by atoms with Gasteiger partial charge in [0.15, 0.2) is 0 Å². The van der Waals surface area contributed by atoms with E-state index < -0.39 is 11.8 Å². The molecule has 2 aromatic rings. The molecule has 0 bridgehead atoms. The number of benzene rings is 2. The van der Waals surface area contributed by atoms with Gasteiger partial charge in [-0.2, -0.15) is 5.10 Å². The molecule has 2 amide bonds. The van der Waals surface area contributed by atoms with Crippen LogP contribution in [-0.4, -0.2) is 28.2 Å². The van der Waals surface area contributed by atoms with Gasteiger partial charge in [-0.1, -0.05) is 11.6 Å². The maximum Gasteiger partial charge on any atom is 0.329 e. The molecule has 0 aliphatic heterocycles. The van der Waals surface area contributed by atoms with E-state index in [1.807, 2.05) is 5.43 Å². The van der Waals surface area contributed by atoms with Crippen LogP contribution >= 0.6 is 11.6 Å². The summed E-state index contributed by atoms with van der Waals surface area (Å²) in [5.74, 6) is -2.20. The lowest BCUT2D eigenvalue weighted by atomic mass is 10.2. The Kier molecular flexibility index (Phi) is 5.16. The second kappa shape index (κ2) is 7.28. The summed E-state index contributed by atoms with van der Waals surface area (Å²) in [6.07, 6.45) is 1.14. The maximum absolute atomic E-state index is 11.6. The number of aromatic hydroxyl groups is 2. The van der Waals surface area contributed by atoms with Crippen LogP contribution in [0.5, 0.6) is 11.5 Å². The molecule has 2 rings (SSSR count). The number of anilines is 1. The predicted molar refractivity (Wildman–Crippen MR) is 85.6 cm³/mol. The Morgan fingerprint density at radius 3 is 2.39 bits per heavy atom. The van der Waals surface area contributed by atoms with Crippen molar-refractivity contribution in [1.82, 2.24) is 5.43 Å². The van der Waals surface area contributed by atoms with E-state index >= 15 is 0 Å². The summed E-state index contributed by atoms with van der Waals surface area (Å²) in [5, 5.41) is 25.1. The van der Waals surface area contributed by atoms with Crippen molar-refractivity contribution in [2.24, 2.45) is 5.10 Å². The first kappa shape index (κ1) is 16.3. The van der Waals surface area contributed by atoms with E-state index in [0.29, 0.717) is 10.7 Å². The number of halogens is 1. The van der Waals surface area contributed by atoms with Crippen LogP contribution in [0.2, 0.25) is 5.02 Å². The summed E-state index contributed by atoms with van der Waals surface area (Å²) in [5.41, 5.74) is 2.70.